The molecule has 2 bridgehead atoms. The zero-order valence-electron chi connectivity index (χ0n) is 18.1. The van der Waals surface area contributed by atoms with Crippen LogP contribution >= 0.6 is 0 Å². The first-order valence-electron chi connectivity index (χ1n) is 11.2. The second-order valence-corrected chi connectivity index (χ2v) is 9.11. The molecule has 2 aromatic rings. The fourth-order valence-electron chi connectivity index (χ4n) is 5.88. The number of H-pyrrole nitrogens is 1. The van der Waals surface area contributed by atoms with E-state index in [1.54, 1.807) is 14.0 Å². The number of rotatable bonds is 4. The third-order valence-corrected chi connectivity index (χ3v) is 7.29. The topological polar surface area (TPSA) is 91.4 Å². The second kappa shape index (κ2) is 7.98. The quantitative estimate of drug-likeness (QED) is 0.814. The molecule has 0 saturated carbocycles. The van der Waals surface area contributed by atoms with E-state index in [4.69, 9.17) is 4.74 Å². The molecule has 1 N–H and O–H groups in total. The first-order chi connectivity index (χ1) is 15.0. The zero-order valence-corrected chi connectivity index (χ0v) is 18.1. The number of piperidine rings is 3. The number of benzene rings is 1. The third kappa shape index (κ3) is 3.58. The van der Waals surface area contributed by atoms with Gasteiger partial charge in [0, 0.05) is 31.6 Å². The van der Waals surface area contributed by atoms with E-state index in [-0.39, 0.29) is 29.8 Å². The maximum Gasteiger partial charge on any atom is 0.276 e. The summed E-state index contributed by atoms with van der Waals surface area (Å²) in [5, 5.41) is 10.7. The number of nitrogens with one attached hydrogen (secondary N) is 1. The van der Waals surface area contributed by atoms with Crippen molar-refractivity contribution in [1.82, 2.24) is 25.2 Å². The minimum atomic E-state index is -0.0586. The number of hydrogen-bond donors (Lipinski definition) is 1. The number of ether oxygens (including phenoxy) is 1. The molecule has 31 heavy (non-hydrogen) atoms. The Balaban J connectivity index is 1.45. The molecule has 8 nitrogen and oxygen atoms in total. The Hall–Kier alpha value is -2.90. The van der Waals surface area contributed by atoms with Crippen LogP contribution in [0.1, 0.15) is 47.4 Å². The molecule has 0 unspecified atom stereocenters. The Morgan fingerprint density at radius 1 is 1.26 bits per heavy atom. The molecule has 8 heteroatoms. The van der Waals surface area contributed by atoms with Gasteiger partial charge in [0.2, 0.25) is 5.91 Å². The first-order valence-corrected chi connectivity index (χ1v) is 11.2. The SMILES string of the molecule is COc1cccc(C[C@H]2[C@H]3C[C@H](CN(C(=O)c4n[nH]nc4C)C3)[C@@H]3CCCC(=O)N32)c1. The van der Waals surface area contributed by atoms with Crippen molar-refractivity contribution in [3.05, 3.63) is 41.2 Å². The number of aryl methyl sites for hydroxylation is 1. The average molecular weight is 424 g/mol. The lowest BCUT2D eigenvalue weighted by Crippen LogP contribution is -2.66. The Morgan fingerprint density at radius 3 is 2.87 bits per heavy atom. The largest absolute Gasteiger partial charge is 0.497 e. The number of hydrogen-bond acceptors (Lipinski definition) is 5. The van der Waals surface area contributed by atoms with Crippen LogP contribution in [0.15, 0.2) is 24.3 Å². The molecule has 3 fully saturated rings. The summed E-state index contributed by atoms with van der Waals surface area (Å²) in [7, 11) is 1.67. The summed E-state index contributed by atoms with van der Waals surface area (Å²) >= 11 is 0. The minimum absolute atomic E-state index is 0.0586. The van der Waals surface area contributed by atoms with Crippen LogP contribution in [0.25, 0.3) is 0 Å². The fourth-order valence-corrected chi connectivity index (χ4v) is 5.88. The van der Waals surface area contributed by atoms with Crippen LogP contribution in [0.5, 0.6) is 5.75 Å². The van der Waals surface area contributed by atoms with Gasteiger partial charge < -0.3 is 14.5 Å². The molecule has 4 atom stereocenters. The van der Waals surface area contributed by atoms with E-state index >= 15 is 0 Å². The van der Waals surface area contributed by atoms with Crippen molar-refractivity contribution in [2.45, 2.75) is 51.1 Å². The van der Waals surface area contributed by atoms with Crippen molar-refractivity contribution in [2.75, 3.05) is 20.2 Å². The lowest BCUT2D eigenvalue weighted by molar-refractivity contribution is -0.151. The van der Waals surface area contributed by atoms with Gasteiger partial charge >= 0.3 is 0 Å². The van der Waals surface area contributed by atoms with Crippen LogP contribution in [0.4, 0.5) is 0 Å². The van der Waals surface area contributed by atoms with Gasteiger partial charge in [0.05, 0.1) is 12.8 Å². The summed E-state index contributed by atoms with van der Waals surface area (Å²) in [6.45, 7) is 3.13. The molecule has 3 aliphatic rings. The van der Waals surface area contributed by atoms with Crippen LogP contribution in [-0.2, 0) is 11.2 Å². The van der Waals surface area contributed by atoms with Gasteiger partial charge in [-0.3, -0.25) is 9.59 Å². The van der Waals surface area contributed by atoms with Gasteiger partial charge in [0.15, 0.2) is 5.69 Å². The highest BCUT2D eigenvalue weighted by atomic mass is 16.5. The van der Waals surface area contributed by atoms with E-state index in [1.165, 1.54) is 0 Å². The molecule has 4 heterocycles. The van der Waals surface area contributed by atoms with E-state index in [0.29, 0.717) is 36.8 Å². The van der Waals surface area contributed by atoms with Gasteiger partial charge in [0.25, 0.3) is 5.91 Å². The van der Waals surface area contributed by atoms with Crippen LogP contribution in [0, 0.1) is 18.8 Å². The Morgan fingerprint density at radius 2 is 2.10 bits per heavy atom. The Labute approximate surface area is 181 Å². The van der Waals surface area contributed by atoms with Crippen LogP contribution in [0.3, 0.4) is 0 Å². The number of carbonyl (C=O) groups is 2. The van der Waals surface area contributed by atoms with E-state index in [0.717, 1.165) is 37.0 Å². The number of likely N-dealkylation sites (tertiary alicyclic amines) is 1. The predicted octanol–water partition coefficient (Wildman–Crippen LogP) is 2.21. The number of aromatic nitrogens is 3. The van der Waals surface area contributed by atoms with E-state index in [1.807, 2.05) is 17.0 Å². The molecule has 164 valence electrons. The van der Waals surface area contributed by atoms with Gasteiger partial charge in [-0.1, -0.05) is 12.1 Å². The highest BCUT2D eigenvalue weighted by Gasteiger charge is 2.50. The van der Waals surface area contributed by atoms with Crippen molar-refractivity contribution in [3.63, 3.8) is 0 Å². The van der Waals surface area contributed by atoms with Crippen LogP contribution < -0.4 is 4.74 Å². The highest BCUT2D eigenvalue weighted by Crippen LogP contribution is 2.43. The minimum Gasteiger partial charge on any atom is -0.497 e. The van der Waals surface area contributed by atoms with Gasteiger partial charge in [-0.25, -0.2) is 0 Å². The first kappa shape index (κ1) is 20.0. The molecule has 0 aliphatic carbocycles. The molecule has 3 saturated heterocycles. The normalized spacial score (nSPS) is 27.7. The molecule has 5 rings (SSSR count). The lowest BCUT2D eigenvalue weighted by atomic mass is 9.70. The summed E-state index contributed by atoms with van der Waals surface area (Å²) in [4.78, 5) is 30.3. The summed E-state index contributed by atoms with van der Waals surface area (Å²) < 4.78 is 5.40. The standard InChI is InChI=1S/C23H29N5O3/c1-14-22(25-26-24-14)23(30)27-12-16-11-17(13-27)20(28-19(16)7-4-8-21(28)29)10-15-5-3-6-18(9-15)31-2/h3,5-6,9,16-17,19-20H,4,7-8,10-13H2,1-2H3,(H,24,25,26)/t16-,17+,19+,20+/m1/s1. The molecule has 2 amide bonds. The number of amides is 2. The molecule has 0 spiro atoms. The molecule has 1 aromatic heterocycles. The van der Waals surface area contributed by atoms with Gasteiger partial charge in [-0.05, 0) is 62.1 Å². The van der Waals surface area contributed by atoms with Gasteiger partial charge in [-0.2, -0.15) is 15.4 Å². The smallest absolute Gasteiger partial charge is 0.276 e. The van der Waals surface area contributed by atoms with Crippen molar-refractivity contribution >= 4 is 11.8 Å². The average Bonchev–Trinajstić information content (AvgIpc) is 3.22. The Kier molecular flexibility index (Phi) is 5.16. The van der Waals surface area contributed by atoms with Crippen LogP contribution in [-0.4, -0.2) is 69.3 Å². The fraction of sp³-hybridized carbons (Fsp3) is 0.565. The number of nitrogens with zero attached hydrogens (tertiary/aromatic N) is 4. The summed E-state index contributed by atoms with van der Waals surface area (Å²) in [5.74, 6) is 1.61. The van der Waals surface area contributed by atoms with E-state index in [2.05, 4.69) is 32.4 Å². The summed E-state index contributed by atoms with van der Waals surface area (Å²) in [6, 6.07) is 8.40. The number of carbonyl (C=O) groups excluding carboxylic acids is 2. The van der Waals surface area contributed by atoms with Gasteiger partial charge in [-0.15, -0.1) is 0 Å². The van der Waals surface area contributed by atoms with E-state index in [9.17, 15) is 9.59 Å². The zero-order chi connectivity index (χ0) is 21.5. The lowest BCUT2D eigenvalue weighted by Gasteiger charge is -2.56. The molecular weight excluding hydrogens is 394 g/mol. The van der Waals surface area contributed by atoms with Crippen molar-refractivity contribution in [3.8, 4) is 5.75 Å². The molecule has 3 aliphatic heterocycles. The molecule has 0 radical (unpaired) electrons. The molecular formula is C23H29N5O3. The van der Waals surface area contributed by atoms with E-state index < -0.39 is 0 Å². The number of methoxy groups -OCH3 is 1. The third-order valence-electron chi connectivity index (χ3n) is 7.29. The maximum atomic E-state index is 13.2. The molecule has 1 aromatic carbocycles. The maximum absolute atomic E-state index is 13.2. The number of fused-ring (bicyclic) bond motifs is 4. The second-order valence-electron chi connectivity index (χ2n) is 9.11. The van der Waals surface area contributed by atoms with Crippen molar-refractivity contribution in [1.29, 1.82) is 0 Å². The highest BCUT2D eigenvalue weighted by molar-refractivity contribution is 5.93. The van der Waals surface area contributed by atoms with Gasteiger partial charge in [0.1, 0.15) is 5.75 Å². The van der Waals surface area contributed by atoms with Crippen LogP contribution in [0.2, 0.25) is 0 Å². The van der Waals surface area contributed by atoms with Crippen molar-refractivity contribution in [2.24, 2.45) is 11.8 Å². The monoisotopic (exact) mass is 423 g/mol. The predicted molar refractivity (Wildman–Crippen MR) is 114 cm³/mol. The van der Waals surface area contributed by atoms with Crippen molar-refractivity contribution < 1.29 is 14.3 Å². The number of aromatic amines is 1. The summed E-state index contributed by atoms with van der Waals surface area (Å²) in [5.41, 5.74) is 2.19. The Bertz CT molecular complexity index is 989. The summed E-state index contributed by atoms with van der Waals surface area (Å²) in [6.07, 6.45) is 4.42.